The average molecular weight is 490 g/mol. The van der Waals surface area contributed by atoms with Crippen molar-refractivity contribution in [1.29, 1.82) is 0 Å². The first-order valence-corrected chi connectivity index (χ1v) is 11.3. The van der Waals surface area contributed by atoms with Gasteiger partial charge in [0.25, 0.3) is 5.91 Å². The SMILES string of the molecule is COC(=O)c1ccccc1Cn1cc(NC(=O)c2ccc(COc3ccc(Cl)c(C)c3)cc2)cn1. The Kier molecular flexibility index (Phi) is 7.48. The van der Waals surface area contributed by atoms with Crippen LogP contribution in [0.15, 0.2) is 79.1 Å². The summed E-state index contributed by atoms with van der Waals surface area (Å²) in [6.45, 7) is 2.67. The van der Waals surface area contributed by atoms with Crippen molar-refractivity contribution in [3.63, 3.8) is 0 Å². The van der Waals surface area contributed by atoms with Crippen molar-refractivity contribution in [2.75, 3.05) is 12.4 Å². The zero-order valence-corrected chi connectivity index (χ0v) is 20.1. The molecule has 1 N–H and O–H groups in total. The molecule has 3 aromatic carbocycles. The van der Waals surface area contributed by atoms with Gasteiger partial charge in [-0.25, -0.2) is 4.79 Å². The van der Waals surface area contributed by atoms with E-state index in [9.17, 15) is 9.59 Å². The van der Waals surface area contributed by atoms with Crippen molar-refractivity contribution >= 4 is 29.2 Å². The average Bonchev–Trinajstić information content (AvgIpc) is 3.31. The zero-order chi connectivity index (χ0) is 24.8. The van der Waals surface area contributed by atoms with Crippen molar-refractivity contribution in [3.8, 4) is 5.75 Å². The van der Waals surface area contributed by atoms with E-state index in [1.807, 2.05) is 43.3 Å². The lowest BCUT2D eigenvalue weighted by molar-refractivity contribution is 0.0599. The zero-order valence-electron chi connectivity index (χ0n) is 19.3. The summed E-state index contributed by atoms with van der Waals surface area (Å²) in [6, 6.07) is 19.9. The van der Waals surface area contributed by atoms with Crippen LogP contribution >= 0.6 is 11.6 Å². The summed E-state index contributed by atoms with van der Waals surface area (Å²) in [5.74, 6) is 0.0821. The third-order valence-electron chi connectivity index (χ3n) is 5.40. The number of carbonyl (C=O) groups is 2. The molecule has 0 unspecified atom stereocenters. The largest absolute Gasteiger partial charge is 0.489 e. The Morgan fingerprint density at radius 1 is 1.06 bits per heavy atom. The molecule has 0 radical (unpaired) electrons. The molecule has 4 aromatic rings. The number of aryl methyl sites for hydroxylation is 1. The number of halogens is 1. The molecule has 0 atom stereocenters. The number of carbonyl (C=O) groups excluding carboxylic acids is 2. The number of anilines is 1. The van der Waals surface area contributed by atoms with E-state index in [0.717, 1.165) is 22.4 Å². The number of hydrogen-bond acceptors (Lipinski definition) is 5. The minimum absolute atomic E-state index is 0.250. The van der Waals surface area contributed by atoms with E-state index in [4.69, 9.17) is 21.1 Å². The van der Waals surface area contributed by atoms with Crippen LogP contribution in [0.2, 0.25) is 5.02 Å². The van der Waals surface area contributed by atoms with E-state index in [1.165, 1.54) is 7.11 Å². The van der Waals surface area contributed by atoms with Crippen LogP contribution in [0.25, 0.3) is 0 Å². The van der Waals surface area contributed by atoms with Crippen LogP contribution in [0.3, 0.4) is 0 Å². The first-order chi connectivity index (χ1) is 16.9. The number of hydrogen-bond donors (Lipinski definition) is 1. The molecule has 8 heteroatoms. The van der Waals surface area contributed by atoms with Crippen LogP contribution < -0.4 is 10.1 Å². The van der Waals surface area contributed by atoms with Crippen LogP contribution in [0.4, 0.5) is 5.69 Å². The standard InChI is InChI=1S/C27H24ClN3O4/c1-18-13-23(11-12-25(18)28)35-17-19-7-9-20(10-8-19)26(32)30-22-14-29-31(16-22)15-21-5-3-4-6-24(21)27(33)34-2/h3-14,16H,15,17H2,1-2H3,(H,30,32). The molecule has 1 aromatic heterocycles. The van der Waals surface area contributed by atoms with Gasteiger partial charge in [0.05, 0.1) is 31.1 Å². The molecule has 0 aliphatic carbocycles. The second-order valence-corrected chi connectivity index (χ2v) is 8.33. The van der Waals surface area contributed by atoms with Crippen molar-refractivity contribution in [2.45, 2.75) is 20.1 Å². The first kappa shape index (κ1) is 24.0. The number of amides is 1. The Hall–Kier alpha value is -4.10. The Balaban J connectivity index is 1.35. The quantitative estimate of drug-likeness (QED) is 0.330. The molecule has 0 saturated heterocycles. The molecule has 0 aliphatic heterocycles. The van der Waals surface area contributed by atoms with Gasteiger partial charge in [-0.2, -0.15) is 5.10 Å². The second-order valence-electron chi connectivity index (χ2n) is 7.93. The van der Waals surface area contributed by atoms with Crippen LogP contribution in [0, 0.1) is 6.92 Å². The number of rotatable bonds is 8. The van der Waals surface area contributed by atoms with E-state index >= 15 is 0 Å². The molecule has 4 rings (SSSR count). The second kappa shape index (κ2) is 10.9. The summed E-state index contributed by atoms with van der Waals surface area (Å²) in [6.07, 6.45) is 3.28. The number of methoxy groups -OCH3 is 1. The minimum atomic E-state index is -0.404. The number of nitrogens with one attached hydrogen (secondary N) is 1. The van der Waals surface area contributed by atoms with Gasteiger partial charge in [0.15, 0.2) is 0 Å². The van der Waals surface area contributed by atoms with Crippen LogP contribution in [0.5, 0.6) is 5.75 Å². The van der Waals surface area contributed by atoms with Gasteiger partial charge >= 0.3 is 5.97 Å². The summed E-state index contributed by atoms with van der Waals surface area (Å²) in [7, 11) is 1.35. The Morgan fingerprint density at radius 2 is 1.83 bits per heavy atom. The molecule has 0 fully saturated rings. The molecule has 7 nitrogen and oxygen atoms in total. The highest BCUT2D eigenvalue weighted by Gasteiger charge is 2.13. The number of esters is 1. The van der Waals surface area contributed by atoms with Gasteiger partial charge in [0.1, 0.15) is 12.4 Å². The van der Waals surface area contributed by atoms with Gasteiger partial charge in [0.2, 0.25) is 0 Å². The first-order valence-electron chi connectivity index (χ1n) is 10.9. The van der Waals surface area contributed by atoms with E-state index < -0.39 is 5.97 Å². The van der Waals surface area contributed by atoms with Crippen molar-refractivity contribution in [3.05, 3.63) is 112 Å². The third-order valence-corrected chi connectivity index (χ3v) is 5.82. The van der Waals surface area contributed by atoms with Gasteiger partial charge < -0.3 is 14.8 Å². The van der Waals surface area contributed by atoms with Gasteiger partial charge in [-0.15, -0.1) is 0 Å². The van der Waals surface area contributed by atoms with Gasteiger partial charge in [0, 0.05) is 16.8 Å². The maximum atomic E-state index is 12.7. The number of aromatic nitrogens is 2. The summed E-state index contributed by atoms with van der Waals surface area (Å²) in [4.78, 5) is 24.6. The maximum Gasteiger partial charge on any atom is 0.338 e. The fourth-order valence-electron chi connectivity index (χ4n) is 3.49. The Bertz CT molecular complexity index is 1350. The van der Waals surface area contributed by atoms with E-state index in [-0.39, 0.29) is 5.91 Å². The Morgan fingerprint density at radius 3 is 2.57 bits per heavy atom. The summed E-state index contributed by atoms with van der Waals surface area (Å²) in [5, 5.41) is 7.83. The van der Waals surface area contributed by atoms with Gasteiger partial charge in [-0.3, -0.25) is 9.48 Å². The summed E-state index contributed by atoms with van der Waals surface area (Å²) < 4.78 is 12.3. The molecule has 0 saturated carbocycles. The number of benzene rings is 3. The van der Waals surface area contributed by atoms with Crippen molar-refractivity contribution < 1.29 is 19.1 Å². The van der Waals surface area contributed by atoms with Gasteiger partial charge in [-0.1, -0.05) is 41.9 Å². The molecule has 1 amide bonds. The van der Waals surface area contributed by atoms with Crippen molar-refractivity contribution in [1.82, 2.24) is 9.78 Å². The highest BCUT2D eigenvalue weighted by Crippen LogP contribution is 2.22. The minimum Gasteiger partial charge on any atom is -0.489 e. The van der Waals surface area contributed by atoms with E-state index in [0.29, 0.717) is 35.0 Å². The molecule has 1 heterocycles. The molecular weight excluding hydrogens is 466 g/mol. The van der Waals surface area contributed by atoms with E-state index in [1.54, 1.807) is 47.4 Å². The highest BCUT2D eigenvalue weighted by atomic mass is 35.5. The Labute approximate surface area is 208 Å². The van der Waals surface area contributed by atoms with Crippen LogP contribution in [-0.4, -0.2) is 28.8 Å². The van der Waals surface area contributed by atoms with Crippen LogP contribution in [-0.2, 0) is 17.9 Å². The van der Waals surface area contributed by atoms with E-state index in [2.05, 4.69) is 10.4 Å². The molecule has 0 aliphatic rings. The predicted octanol–water partition coefficient (Wildman–Crippen LogP) is 5.51. The smallest absolute Gasteiger partial charge is 0.338 e. The monoisotopic (exact) mass is 489 g/mol. The summed E-state index contributed by atoms with van der Waals surface area (Å²) in [5.41, 5.74) is 4.20. The predicted molar refractivity (Wildman–Crippen MR) is 134 cm³/mol. The molecule has 0 bridgehead atoms. The lowest BCUT2D eigenvalue weighted by Gasteiger charge is -2.09. The highest BCUT2D eigenvalue weighted by molar-refractivity contribution is 6.31. The third kappa shape index (κ3) is 6.07. The number of ether oxygens (including phenoxy) is 2. The van der Waals surface area contributed by atoms with Gasteiger partial charge in [-0.05, 0) is 60.0 Å². The maximum absolute atomic E-state index is 12.7. The molecule has 178 valence electrons. The normalized spacial score (nSPS) is 10.6. The van der Waals surface area contributed by atoms with Crippen LogP contribution in [0.1, 0.15) is 37.4 Å². The fourth-order valence-corrected chi connectivity index (χ4v) is 3.60. The molecule has 0 spiro atoms. The van der Waals surface area contributed by atoms with Crippen molar-refractivity contribution in [2.24, 2.45) is 0 Å². The molecular formula is C27H24ClN3O4. The molecule has 35 heavy (non-hydrogen) atoms. The lowest BCUT2D eigenvalue weighted by Crippen LogP contribution is -2.12. The summed E-state index contributed by atoms with van der Waals surface area (Å²) >= 11 is 6.05. The lowest BCUT2D eigenvalue weighted by atomic mass is 10.1. The number of nitrogens with zero attached hydrogens (tertiary/aromatic N) is 2. The fraction of sp³-hybridized carbons (Fsp3) is 0.148. The topological polar surface area (TPSA) is 82.5 Å².